The average Bonchev–Trinajstić information content (AvgIpc) is 3.50. The van der Waals surface area contributed by atoms with E-state index in [-0.39, 0.29) is 17.4 Å². The van der Waals surface area contributed by atoms with E-state index in [0.717, 1.165) is 29.4 Å². The molecule has 1 amide bonds. The van der Waals surface area contributed by atoms with E-state index in [1.54, 1.807) is 4.90 Å². The lowest BCUT2D eigenvalue weighted by atomic mass is 10.2. The Labute approximate surface area is 175 Å². The van der Waals surface area contributed by atoms with Crippen molar-refractivity contribution in [1.29, 1.82) is 0 Å². The van der Waals surface area contributed by atoms with Crippen LogP contribution < -0.4 is 0 Å². The van der Waals surface area contributed by atoms with Crippen LogP contribution in [0.2, 0.25) is 0 Å². The maximum absolute atomic E-state index is 12.6. The van der Waals surface area contributed by atoms with Crippen molar-refractivity contribution in [2.24, 2.45) is 7.05 Å². The summed E-state index contributed by atoms with van der Waals surface area (Å²) in [4.78, 5) is 14.3. The van der Waals surface area contributed by atoms with Crippen molar-refractivity contribution in [3.8, 4) is 0 Å². The molecule has 0 atom stereocenters. The molecule has 0 radical (unpaired) electrons. The van der Waals surface area contributed by atoms with Crippen LogP contribution in [0, 0.1) is 0 Å². The first-order chi connectivity index (χ1) is 13.9. The lowest BCUT2D eigenvalue weighted by Crippen LogP contribution is -2.51. The van der Waals surface area contributed by atoms with Crippen LogP contribution >= 0.6 is 11.8 Å². The monoisotopic (exact) mass is 435 g/mol. The molecule has 1 aromatic heterocycles. The molecular formula is C19H25N5O3S2. The minimum Gasteiger partial charge on any atom is -0.339 e. The second-order valence-corrected chi connectivity index (χ2v) is 10.4. The lowest BCUT2D eigenvalue weighted by molar-refractivity contribution is -0.129. The molecule has 1 aliphatic heterocycles. The predicted octanol–water partition coefficient (Wildman–Crippen LogP) is 1.46. The van der Waals surface area contributed by atoms with E-state index in [9.17, 15) is 13.2 Å². The fourth-order valence-electron chi connectivity index (χ4n) is 3.46. The van der Waals surface area contributed by atoms with E-state index in [1.807, 2.05) is 41.9 Å². The van der Waals surface area contributed by atoms with Gasteiger partial charge in [-0.1, -0.05) is 42.1 Å². The third-order valence-electron chi connectivity index (χ3n) is 5.31. The number of carbonyl (C=O) groups is 1. The molecule has 0 bridgehead atoms. The SMILES string of the molecule is Cn1c(SCC(=O)N2CCN(S(=O)(=O)Cc3ccccc3)CC2)nnc1C1CC1. The summed E-state index contributed by atoms with van der Waals surface area (Å²) >= 11 is 1.39. The van der Waals surface area contributed by atoms with Crippen LogP contribution in [0.3, 0.4) is 0 Å². The number of nitrogens with zero attached hydrogens (tertiary/aromatic N) is 5. The van der Waals surface area contributed by atoms with Gasteiger partial charge in [0.15, 0.2) is 5.16 Å². The summed E-state index contributed by atoms with van der Waals surface area (Å²) < 4.78 is 28.7. The second-order valence-electron chi connectivity index (χ2n) is 7.48. The smallest absolute Gasteiger partial charge is 0.233 e. The van der Waals surface area contributed by atoms with Gasteiger partial charge in [0.05, 0.1) is 11.5 Å². The molecule has 0 N–H and O–H groups in total. The second kappa shape index (κ2) is 8.45. The first-order valence-corrected chi connectivity index (χ1v) is 12.3. The van der Waals surface area contributed by atoms with E-state index < -0.39 is 10.0 Å². The Bertz CT molecular complexity index is 965. The summed E-state index contributed by atoms with van der Waals surface area (Å²) in [6, 6.07) is 9.17. The van der Waals surface area contributed by atoms with Gasteiger partial charge in [-0.05, 0) is 18.4 Å². The van der Waals surface area contributed by atoms with E-state index in [4.69, 9.17) is 0 Å². The van der Waals surface area contributed by atoms with Gasteiger partial charge in [0.2, 0.25) is 15.9 Å². The quantitative estimate of drug-likeness (QED) is 0.612. The van der Waals surface area contributed by atoms with Crippen molar-refractivity contribution < 1.29 is 13.2 Å². The molecule has 0 unspecified atom stereocenters. The topological polar surface area (TPSA) is 88.4 Å². The van der Waals surface area contributed by atoms with Gasteiger partial charge in [-0.2, -0.15) is 4.31 Å². The zero-order chi connectivity index (χ0) is 20.4. The fourth-order valence-corrected chi connectivity index (χ4v) is 5.80. The molecule has 8 nitrogen and oxygen atoms in total. The molecule has 2 fully saturated rings. The van der Waals surface area contributed by atoms with Gasteiger partial charge in [0, 0.05) is 39.1 Å². The Morgan fingerprint density at radius 1 is 1.10 bits per heavy atom. The van der Waals surface area contributed by atoms with Gasteiger partial charge in [-0.25, -0.2) is 8.42 Å². The van der Waals surface area contributed by atoms with E-state index >= 15 is 0 Å². The van der Waals surface area contributed by atoms with Gasteiger partial charge in [-0.3, -0.25) is 4.79 Å². The molecule has 4 rings (SSSR count). The number of benzene rings is 1. The number of aromatic nitrogens is 3. The highest BCUT2D eigenvalue weighted by Crippen LogP contribution is 2.39. The van der Waals surface area contributed by atoms with Gasteiger partial charge in [0.25, 0.3) is 0 Å². The van der Waals surface area contributed by atoms with E-state index in [2.05, 4.69) is 10.2 Å². The van der Waals surface area contributed by atoms with Crippen molar-refractivity contribution in [1.82, 2.24) is 24.0 Å². The zero-order valence-corrected chi connectivity index (χ0v) is 18.0. The maximum Gasteiger partial charge on any atom is 0.233 e. The summed E-state index contributed by atoms with van der Waals surface area (Å²) in [5.41, 5.74) is 0.775. The number of rotatable bonds is 7. The molecule has 1 aliphatic carbocycles. The Balaban J connectivity index is 1.27. The Morgan fingerprint density at radius 2 is 1.79 bits per heavy atom. The van der Waals surface area contributed by atoms with Crippen LogP contribution in [0.15, 0.2) is 35.5 Å². The molecule has 156 valence electrons. The standard InChI is InChI=1S/C19H25N5O3S2/c1-22-18(16-7-8-16)20-21-19(22)28-13-17(25)23-9-11-24(12-10-23)29(26,27)14-15-5-3-2-4-6-15/h2-6,16H,7-14H2,1H3. The minimum absolute atomic E-state index is 0.00563. The van der Waals surface area contributed by atoms with Gasteiger partial charge < -0.3 is 9.47 Å². The normalized spacial score (nSPS) is 18.2. The third-order valence-corrected chi connectivity index (χ3v) is 8.17. The summed E-state index contributed by atoms with van der Waals surface area (Å²) in [6.07, 6.45) is 2.32. The maximum atomic E-state index is 12.6. The molecule has 10 heteroatoms. The van der Waals surface area contributed by atoms with Crippen LogP contribution in [0.25, 0.3) is 0 Å². The highest BCUT2D eigenvalue weighted by Gasteiger charge is 2.31. The molecule has 2 aromatic rings. The number of piperazine rings is 1. The van der Waals surface area contributed by atoms with Gasteiger partial charge in [0.1, 0.15) is 5.82 Å². The molecule has 29 heavy (non-hydrogen) atoms. The molecule has 1 saturated heterocycles. The van der Waals surface area contributed by atoms with Crippen LogP contribution in [0.4, 0.5) is 0 Å². The number of sulfonamides is 1. The number of thioether (sulfide) groups is 1. The molecule has 1 aromatic carbocycles. The molecule has 2 aliphatic rings. The van der Waals surface area contributed by atoms with Crippen molar-refractivity contribution in [3.05, 3.63) is 41.7 Å². The fraction of sp³-hybridized carbons (Fsp3) is 0.526. The molecule has 2 heterocycles. The number of hydrogen-bond donors (Lipinski definition) is 0. The molecule has 1 saturated carbocycles. The van der Waals surface area contributed by atoms with Gasteiger partial charge in [-0.15, -0.1) is 10.2 Å². The van der Waals surface area contributed by atoms with Crippen molar-refractivity contribution in [3.63, 3.8) is 0 Å². The summed E-state index contributed by atoms with van der Waals surface area (Å²) in [7, 11) is -1.44. The molecule has 0 spiro atoms. The third kappa shape index (κ3) is 4.81. The van der Waals surface area contributed by atoms with Crippen molar-refractivity contribution >= 4 is 27.7 Å². The van der Waals surface area contributed by atoms with Crippen LogP contribution in [-0.2, 0) is 27.6 Å². The van der Waals surface area contributed by atoms with E-state index in [0.29, 0.717) is 32.1 Å². The first-order valence-electron chi connectivity index (χ1n) is 9.75. The van der Waals surface area contributed by atoms with Crippen molar-refractivity contribution in [2.75, 3.05) is 31.9 Å². The average molecular weight is 436 g/mol. The first kappa shape index (κ1) is 20.4. The number of amides is 1. The zero-order valence-electron chi connectivity index (χ0n) is 16.4. The minimum atomic E-state index is -3.38. The van der Waals surface area contributed by atoms with E-state index in [1.165, 1.54) is 16.1 Å². The lowest BCUT2D eigenvalue weighted by Gasteiger charge is -2.34. The largest absolute Gasteiger partial charge is 0.339 e. The highest BCUT2D eigenvalue weighted by molar-refractivity contribution is 7.99. The number of hydrogen-bond acceptors (Lipinski definition) is 6. The Hall–Kier alpha value is -1.91. The van der Waals surface area contributed by atoms with Crippen LogP contribution in [-0.4, -0.2) is 70.2 Å². The highest BCUT2D eigenvalue weighted by atomic mass is 32.2. The van der Waals surface area contributed by atoms with Gasteiger partial charge >= 0.3 is 0 Å². The summed E-state index contributed by atoms with van der Waals surface area (Å²) in [5.74, 6) is 1.80. The number of carbonyl (C=O) groups excluding carboxylic acids is 1. The Morgan fingerprint density at radius 3 is 2.45 bits per heavy atom. The summed E-state index contributed by atoms with van der Waals surface area (Å²) in [6.45, 7) is 1.50. The van der Waals surface area contributed by atoms with Crippen LogP contribution in [0.5, 0.6) is 0 Å². The van der Waals surface area contributed by atoms with Crippen LogP contribution in [0.1, 0.15) is 30.1 Å². The molecular weight excluding hydrogens is 410 g/mol. The Kier molecular flexibility index (Phi) is 5.93. The predicted molar refractivity (Wildman–Crippen MR) is 111 cm³/mol. The van der Waals surface area contributed by atoms with Crippen molar-refractivity contribution in [2.45, 2.75) is 29.7 Å². The summed E-state index contributed by atoms with van der Waals surface area (Å²) in [5, 5.41) is 9.18.